The first-order valence-corrected chi connectivity index (χ1v) is 8.56. The molecule has 0 aromatic heterocycles. The molecule has 1 aliphatic heterocycles. The molecule has 4 heteroatoms. The highest BCUT2D eigenvalue weighted by Gasteiger charge is 2.20. The molecule has 0 aliphatic carbocycles. The van der Waals surface area contributed by atoms with Crippen molar-refractivity contribution in [2.75, 3.05) is 13.1 Å². The number of para-hydroxylation sites is 1. The fraction of sp³-hybridized carbons (Fsp3) is 0.350. The summed E-state index contributed by atoms with van der Waals surface area (Å²) in [6, 6.07) is 18.0. The average molecular weight is 324 g/mol. The Morgan fingerprint density at radius 3 is 2.71 bits per heavy atom. The molecule has 1 heterocycles. The Morgan fingerprint density at radius 1 is 1.12 bits per heavy atom. The molecular formula is C20H24N2O2. The van der Waals surface area contributed by atoms with Gasteiger partial charge in [-0.15, -0.1) is 0 Å². The summed E-state index contributed by atoms with van der Waals surface area (Å²) in [6.07, 6.45) is 2.03. The van der Waals surface area contributed by atoms with E-state index in [1.54, 1.807) is 0 Å². The number of carbonyl (C=O) groups is 1. The molecule has 0 radical (unpaired) electrons. The van der Waals surface area contributed by atoms with Gasteiger partial charge in [0.2, 0.25) is 5.91 Å². The number of carbonyl (C=O) groups excluding carboxylic acids is 1. The van der Waals surface area contributed by atoms with E-state index in [0.717, 1.165) is 42.8 Å². The lowest BCUT2D eigenvalue weighted by atomic mass is 9.99. The van der Waals surface area contributed by atoms with Crippen LogP contribution >= 0.6 is 0 Å². The Hall–Kier alpha value is -2.33. The van der Waals surface area contributed by atoms with Crippen molar-refractivity contribution in [3.05, 3.63) is 65.7 Å². The van der Waals surface area contributed by atoms with Crippen molar-refractivity contribution in [1.29, 1.82) is 0 Å². The highest BCUT2D eigenvalue weighted by Crippen LogP contribution is 2.20. The number of nitrogens with one attached hydrogen (secondary N) is 2. The maximum atomic E-state index is 12.3. The van der Waals surface area contributed by atoms with Crippen LogP contribution in [-0.4, -0.2) is 19.0 Å². The molecule has 1 fully saturated rings. The van der Waals surface area contributed by atoms with Gasteiger partial charge in [0, 0.05) is 18.7 Å². The number of rotatable bonds is 6. The number of hydrogen-bond acceptors (Lipinski definition) is 3. The summed E-state index contributed by atoms with van der Waals surface area (Å²) in [5.74, 6) is 1.03. The Kier molecular flexibility index (Phi) is 5.85. The molecule has 0 unspecified atom stereocenters. The van der Waals surface area contributed by atoms with Gasteiger partial charge in [-0.25, -0.2) is 0 Å². The maximum absolute atomic E-state index is 12.3. The number of piperidine rings is 1. The van der Waals surface area contributed by atoms with Gasteiger partial charge in [0.1, 0.15) is 12.4 Å². The lowest BCUT2D eigenvalue weighted by Gasteiger charge is -2.22. The van der Waals surface area contributed by atoms with Gasteiger partial charge in [-0.05, 0) is 31.0 Å². The molecule has 2 aromatic carbocycles. The molecular weight excluding hydrogens is 300 g/mol. The molecule has 3 rings (SSSR count). The summed E-state index contributed by atoms with van der Waals surface area (Å²) in [5, 5.41) is 6.33. The van der Waals surface area contributed by atoms with Gasteiger partial charge in [-0.2, -0.15) is 0 Å². The largest absolute Gasteiger partial charge is 0.489 e. The molecule has 2 N–H and O–H groups in total. The zero-order valence-corrected chi connectivity index (χ0v) is 13.8. The molecule has 1 atom stereocenters. The third kappa shape index (κ3) is 4.59. The average Bonchev–Trinajstić information content (AvgIpc) is 2.66. The Morgan fingerprint density at radius 2 is 1.92 bits per heavy atom. The predicted molar refractivity (Wildman–Crippen MR) is 94.7 cm³/mol. The van der Waals surface area contributed by atoms with Crippen LogP contribution in [-0.2, 0) is 17.9 Å². The van der Waals surface area contributed by atoms with E-state index in [1.807, 2.05) is 54.6 Å². The molecule has 0 spiro atoms. The minimum atomic E-state index is 0.0798. The Labute approximate surface area is 143 Å². The SMILES string of the molecule is O=C(NCc1ccccc1OCc1ccccc1)[C@@H]1CCCNC1. The Balaban J connectivity index is 1.56. The van der Waals surface area contributed by atoms with E-state index in [2.05, 4.69) is 10.6 Å². The summed E-state index contributed by atoms with van der Waals surface area (Å²) >= 11 is 0. The van der Waals surface area contributed by atoms with E-state index in [9.17, 15) is 4.79 Å². The Bertz CT molecular complexity index is 652. The van der Waals surface area contributed by atoms with Crippen molar-refractivity contribution in [1.82, 2.24) is 10.6 Å². The summed E-state index contributed by atoms with van der Waals surface area (Å²) in [4.78, 5) is 12.3. The molecule has 2 aromatic rings. The van der Waals surface area contributed by atoms with Crippen LogP contribution in [0.3, 0.4) is 0 Å². The molecule has 126 valence electrons. The van der Waals surface area contributed by atoms with E-state index in [4.69, 9.17) is 4.74 Å². The van der Waals surface area contributed by atoms with Crippen molar-refractivity contribution in [3.63, 3.8) is 0 Å². The lowest BCUT2D eigenvalue weighted by molar-refractivity contribution is -0.125. The van der Waals surface area contributed by atoms with Gasteiger partial charge in [0.15, 0.2) is 0 Å². The molecule has 0 saturated carbocycles. The molecule has 0 bridgehead atoms. The quantitative estimate of drug-likeness (QED) is 0.859. The standard InChI is InChI=1S/C20H24N2O2/c23-20(18-10-6-12-21-13-18)22-14-17-9-4-5-11-19(17)24-15-16-7-2-1-3-8-16/h1-5,7-9,11,18,21H,6,10,12-15H2,(H,22,23)/t18-/m1/s1. The van der Waals surface area contributed by atoms with Crippen LogP contribution in [0.5, 0.6) is 5.75 Å². The van der Waals surface area contributed by atoms with Gasteiger partial charge >= 0.3 is 0 Å². The summed E-state index contributed by atoms with van der Waals surface area (Å²) in [5.41, 5.74) is 2.13. The molecule has 1 amide bonds. The van der Waals surface area contributed by atoms with Crippen molar-refractivity contribution in [3.8, 4) is 5.75 Å². The fourth-order valence-electron chi connectivity index (χ4n) is 2.93. The zero-order valence-electron chi connectivity index (χ0n) is 13.8. The fourth-order valence-corrected chi connectivity index (χ4v) is 2.93. The molecule has 1 aliphatic rings. The monoisotopic (exact) mass is 324 g/mol. The predicted octanol–water partition coefficient (Wildman–Crippen LogP) is 2.88. The van der Waals surface area contributed by atoms with Crippen LogP contribution in [0.1, 0.15) is 24.0 Å². The lowest BCUT2D eigenvalue weighted by Crippen LogP contribution is -2.40. The van der Waals surface area contributed by atoms with Crippen LogP contribution < -0.4 is 15.4 Å². The third-order valence-corrected chi connectivity index (χ3v) is 4.33. The maximum Gasteiger partial charge on any atom is 0.224 e. The van der Waals surface area contributed by atoms with E-state index in [0.29, 0.717) is 13.2 Å². The minimum absolute atomic E-state index is 0.0798. The smallest absolute Gasteiger partial charge is 0.224 e. The molecule has 24 heavy (non-hydrogen) atoms. The van der Waals surface area contributed by atoms with Gasteiger partial charge < -0.3 is 15.4 Å². The topological polar surface area (TPSA) is 50.4 Å². The summed E-state index contributed by atoms with van der Waals surface area (Å²) < 4.78 is 5.94. The third-order valence-electron chi connectivity index (χ3n) is 4.33. The minimum Gasteiger partial charge on any atom is -0.489 e. The van der Waals surface area contributed by atoms with E-state index in [-0.39, 0.29) is 11.8 Å². The molecule has 1 saturated heterocycles. The van der Waals surface area contributed by atoms with E-state index in [1.165, 1.54) is 0 Å². The second-order valence-electron chi connectivity index (χ2n) is 6.14. The van der Waals surface area contributed by atoms with E-state index >= 15 is 0 Å². The zero-order chi connectivity index (χ0) is 16.6. The number of amides is 1. The van der Waals surface area contributed by atoms with Crippen LogP contribution in [0, 0.1) is 5.92 Å². The van der Waals surface area contributed by atoms with Crippen molar-refractivity contribution >= 4 is 5.91 Å². The van der Waals surface area contributed by atoms with Crippen LogP contribution in [0.4, 0.5) is 0 Å². The first kappa shape index (κ1) is 16.5. The van der Waals surface area contributed by atoms with Gasteiger partial charge in [0.25, 0.3) is 0 Å². The van der Waals surface area contributed by atoms with Crippen LogP contribution in [0.25, 0.3) is 0 Å². The van der Waals surface area contributed by atoms with Crippen molar-refractivity contribution in [2.45, 2.75) is 26.0 Å². The summed E-state index contributed by atoms with van der Waals surface area (Å²) in [7, 11) is 0. The van der Waals surface area contributed by atoms with E-state index < -0.39 is 0 Å². The number of ether oxygens (including phenoxy) is 1. The van der Waals surface area contributed by atoms with Gasteiger partial charge in [-0.3, -0.25) is 4.79 Å². The highest BCUT2D eigenvalue weighted by molar-refractivity contribution is 5.79. The second kappa shape index (κ2) is 8.50. The number of hydrogen-bond donors (Lipinski definition) is 2. The highest BCUT2D eigenvalue weighted by atomic mass is 16.5. The van der Waals surface area contributed by atoms with Gasteiger partial charge in [0.05, 0.1) is 5.92 Å². The first-order valence-electron chi connectivity index (χ1n) is 8.56. The summed E-state index contributed by atoms with van der Waals surface area (Å²) in [6.45, 7) is 2.82. The molecule has 4 nitrogen and oxygen atoms in total. The van der Waals surface area contributed by atoms with Crippen molar-refractivity contribution < 1.29 is 9.53 Å². The second-order valence-corrected chi connectivity index (χ2v) is 6.14. The van der Waals surface area contributed by atoms with Crippen molar-refractivity contribution in [2.24, 2.45) is 5.92 Å². The number of benzene rings is 2. The van der Waals surface area contributed by atoms with Gasteiger partial charge in [-0.1, -0.05) is 48.5 Å². The van der Waals surface area contributed by atoms with Crippen LogP contribution in [0.15, 0.2) is 54.6 Å². The van der Waals surface area contributed by atoms with Crippen LogP contribution in [0.2, 0.25) is 0 Å². The first-order chi connectivity index (χ1) is 11.8. The normalized spacial score (nSPS) is 17.2.